The number of ether oxygens (including phenoxy) is 2. The fourth-order valence-electron chi connectivity index (χ4n) is 1.94. The maximum absolute atomic E-state index is 11.2. The van der Waals surface area contributed by atoms with Crippen LogP contribution in [0.25, 0.3) is 0 Å². The molecule has 0 saturated carbocycles. The second-order valence-corrected chi connectivity index (χ2v) is 3.85. The summed E-state index contributed by atoms with van der Waals surface area (Å²) in [4.78, 5) is 13.5. The van der Waals surface area contributed by atoms with Crippen LogP contribution < -0.4 is 0 Å². The summed E-state index contributed by atoms with van der Waals surface area (Å²) < 4.78 is 9.91. The minimum absolute atomic E-state index is 0.249. The third-order valence-corrected chi connectivity index (χ3v) is 2.74. The standard InChI is InChI=1S/C12H21NO3/c1-3-16-12(14)7-6-11-5-4-8-13(11)9-10-15-2/h6-7,11H,3-5,8-10H2,1-2H3/b7-6+/t11-/m1/s1. The van der Waals surface area contributed by atoms with E-state index in [1.807, 2.05) is 13.0 Å². The average Bonchev–Trinajstić information content (AvgIpc) is 2.71. The second kappa shape index (κ2) is 7.41. The van der Waals surface area contributed by atoms with Gasteiger partial charge in [-0.15, -0.1) is 0 Å². The van der Waals surface area contributed by atoms with Gasteiger partial charge < -0.3 is 9.47 Å². The number of hydrogen-bond acceptors (Lipinski definition) is 4. The molecule has 0 aromatic heterocycles. The van der Waals surface area contributed by atoms with E-state index in [1.54, 1.807) is 13.2 Å². The molecule has 0 aromatic carbocycles. The normalized spacial score (nSPS) is 21.8. The topological polar surface area (TPSA) is 38.8 Å². The molecule has 0 bridgehead atoms. The van der Waals surface area contributed by atoms with Crippen LogP contribution in [-0.4, -0.2) is 50.3 Å². The summed E-state index contributed by atoms with van der Waals surface area (Å²) in [5, 5.41) is 0. The van der Waals surface area contributed by atoms with Gasteiger partial charge in [-0.1, -0.05) is 6.08 Å². The number of nitrogens with zero attached hydrogens (tertiary/aromatic N) is 1. The van der Waals surface area contributed by atoms with Gasteiger partial charge in [0.25, 0.3) is 0 Å². The molecule has 1 aliphatic heterocycles. The fraction of sp³-hybridized carbons (Fsp3) is 0.750. The van der Waals surface area contributed by atoms with Crippen LogP contribution in [0.2, 0.25) is 0 Å². The van der Waals surface area contributed by atoms with Gasteiger partial charge in [-0.05, 0) is 26.3 Å². The van der Waals surface area contributed by atoms with Gasteiger partial charge in [-0.25, -0.2) is 4.79 Å². The third kappa shape index (κ3) is 4.33. The lowest BCUT2D eigenvalue weighted by Gasteiger charge is -2.20. The van der Waals surface area contributed by atoms with E-state index in [1.165, 1.54) is 6.42 Å². The molecule has 0 radical (unpaired) electrons. The Morgan fingerprint density at radius 1 is 1.56 bits per heavy atom. The van der Waals surface area contributed by atoms with Crippen molar-refractivity contribution < 1.29 is 14.3 Å². The molecule has 92 valence electrons. The predicted octanol–water partition coefficient (Wildman–Crippen LogP) is 1.22. The number of carbonyl (C=O) groups excluding carboxylic acids is 1. The number of hydrogen-bond donors (Lipinski definition) is 0. The predicted molar refractivity (Wildman–Crippen MR) is 62.2 cm³/mol. The Bertz CT molecular complexity index is 240. The molecule has 0 spiro atoms. The van der Waals surface area contributed by atoms with E-state index >= 15 is 0 Å². The summed E-state index contributed by atoms with van der Waals surface area (Å²) in [5.41, 5.74) is 0. The first-order chi connectivity index (χ1) is 7.77. The number of methoxy groups -OCH3 is 1. The van der Waals surface area contributed by atoms with Crippen molar-refractivity contribution in [2.45, 2.75) is 25.8 Å². The van der Waals surface area contributed by atoms with Gasteiger partial charge in [-0.2, -0.15) is 0 Å². The summed E-state index contributed by atoms with van der Waals surface area (Å²) in [6.45, 7) is 4.99. The minimum atomic E-state index is -0.249. The molecule has 16 heavy (non-hydrogen) atoms. The molecular formula is C12H21NO3. The van der Waals surface area contributed by atoms with Crippen LogP contribution in [0, 0.1) is 0 Å². The first-order valence-electron chi connectivity index (χ1n) is 5.86. The maximum atomic E-state index is 11.2. The molecule has 1 fully saturated rings. The van der Waals surface area contributed by atoms with Crippen LogP contribution in [0.15, 0.2) is 12.2 Å². The highest BCUT2D eigenvalue weighted by Gasteiger charge is 2.21. The van der Waals surface area contributed by atoms with Crippen molar-refractivity contribution in [3.05, 3.63) is 12.2 Å². The Balaban J connectivity index is 2.36. The molecule has 1 aliphatic rings. The number of esters is 1. The van der Waals surface area contributed by atoms with Gasteiger partial charge in [0.2, 0.25) is 0 Å². The van der Waals surface area contributed by atoms with Crippen molar-refractivity contribution in [1.29, 1.82) is 0 Å². The van der Waals surface area contributed by atoms with Crippen molar-refractivity contribution >= 4 is 5.97 Å². The van der Waals surface area contributed by atoms with Crippen LogP contribution in [0.5, 0.6) is 0 Å². The van der Waals surface area contributed by atoms with E-state index in [9.17, 15) is 4.79 Å². The fourth-order valence-corrected chi connectivity index (χ4v) is 1.94. The van der Waals surface area contributed by atoms with Crippen LogP contribution in [0.1, 0.15) is 19.8 Å². The van der Waals surface area contributed by atoms with Crippen LogP contribution in [0.3, 0.4) is 0 Å². The Morgan fingerprint density at radius 3 is 3.06 bits per heavy atom. The molecule has 1 saturated heterocycles. The summed E-state index contributed by atoms with van der Waals surface area (Å²) in [6, 6.07) is 0.361. The van der Waals surface area contributed by atoms with Crippen molar-refractivity contribution in [2.24, 2.45) is 0 Å². The maximum Gasteiger partial charge on any atom is 0.330 e. The summed E-state index contributed by atoms with van der Waals surface area (Å²) in [7, 11) is 1.71. The lowest BCUT2D eigenvalue weighted by Crippen LogP contribution is -2.31. The van der Waals surface area contributed by atoms with Gasteiger partial charge >= 0.3 is 5.97 Å². The molecular weight excluding hydrogens is 206 g/mol. The first kappa shape index (κ1) is 13.2. The Kier molecular flexibility index (Phi) is 6.11. The zero-order valence-corrected chi connectivity index (χ0v) is 10.1. The van der Waals surface area contributed by atoms with Crippen LogP contribution in [-0.2, 0) is 14.3 Å². The van der Waals surface area contributed by atoms with E-state index in [0.29, 0.717) is 12.6 Å². The lowest BCUT2D eigenvalue weighted by molar-refractivity contribution is -0.137. The van der Waals surface area contributed by atoms with Crippen molar-refractivity contribution in [2.75, 3.05) is 33.4 Å². The highest BCUT2D eigenvalue weighted by atomic mass is 16.5. The Hall–Kier alpha value is -0.870. The molecule has 1 rings (SSSR count). The minimum Gasteiger partial charge on any atom is -0.463 e. The zero-order valence-electron chi connectivity index (χ0n) is 10.1. The van der Waals surface area contributed by atoms with E-state index < -0.39 is 0 Å². The first-order valence-corrected chi connectivity index (χ1v) is 5.86. The van der Waals surface area contributed by atoms with Crippen molar-refractivity contribution in [3.63, 3.8) is 0 Å². The molecule has 0 unspecified atom stereocenters. The van der Waals surface area contributed by atoms with E-state index in [0.717, 1.165) is 26.1 Å². The van der Waals surface area contributed by atoms with Crippen LogP contribution in [0.4, 0.5) is 0 Å². The van der Waals surface area contributed by atoms with Gasteiger partial charge in [0.15, 0.2) is 0 Å². The molecule has 0 N–H and O–H groups in total. The molecule has 1 heterocycles. The summed E-state index contributed by atoms with van der Waals surface area (Å²) in [5.74, 6) is -0.249. The molecule has 4 nitrogen and oxygen atoms in total. The monoisotopic (exact) mass is 227 g/mol. The van der Waals surface area contributed by atoms with E-state index in [4.69, 9.17) is 9.47 Å². The highest BCUT2D eigenvalue weighted by Crippen LogP contribution is 2.17. The molecule has 0 amide bonds. The van der Waals surface area contributed by atoms with Crippen molar-refractivity contribution in [3.8, 4) is 0 Å². The SMILES string of the molecule is CCOC(=O)/C=C/[C@H]1CCCN1CCOC. The summed E-state index contributed by atoms with van der Waals surface area (Å²) >= 11 is 0. The highest BCUT2D eigenvalue weighted by molar-refractivity contribution is 5.81. The molecule has 4 heteroatoms. The number of carbonyl (C=O) groups is 1. The number of rotatable bonds is 6. The smallest absolute Gasteiger partial charge is 0.330 e. The largest absolute Gasteiger partial charge is 0.463 e. The van der Waals surface area contributed by atoms with E-state index in [-0.39, 0.29) is 5.97 Å². The van der Waals surface area contributed by atoms with Crippen LogP contribution >= 0.6 is 0 Å². The van der Waals surface area contributed by atoms with Gasteiger partial charge in [0.1, 0.15) is 0 Å². The van der Waals surface area contributed by atoms with Gasteiger partial charge in [-0.3, -0.25) is 4.90 Å². The Morgan fingerprint density at radius 2 is 2.38 bits per heavy atom. The molecule has 1 atom stereocenters. The second-order valence-electron chi connectivity index (χ2n) is 3.85. The molecule has 0 aromatic rings. The third-order valence-electron chi connectivity index (χ3n) is 2.74. The molecule has 0 aliphatic carbocycles. The number of likely N-dealkylation sites (tertiary alicyclic amines) is 1. The summed E-state index contributed by atoms with van der Waals surface area (Å²) in [6.07, 6.45) is 5.78. The van der Waals surface area contributed by atoms with Gasteiger partial charge in [0, 0.05) is 25.8 Å². The average molecular weight is 227 g/mol. The zero-order chi connectivity index (χ0) is 11.8. The van der Waals surface area contributed by atoms with Crippen molar-refractivity contribution in [1.82, 2.24) is 4.90 Å². The lowest BCUT2D eigenvalue weighted by atomic mass is 10.2. The van der Waals surface area contributed by atoms with E-state index in [2.05, 4.69) is 4.90 Å². The quantitative estimate of drug-likeness (QED) is 0.505. The van der Waals surface area contributed by atoms with Gasteiger partial charge in [0.05, 0.1) is 13.2 Å². The Labute approximate surface area is 97.2 Å².